The number of piperidine rings is 1. The Hall–Kier alpha value is -1.53. The van der Waals surface area contributed by atoms with Crippen LogP contribution in [0.4, 0.5) is 13.2 Å². The van der Waals surface area contributed by atoms with Crippen molar-refractivity contribution in [3.05, 3.63) is 36.0 Å². The number of fused-ring (bicyclic) bond motifs is 1. The Bertz CT molecular complexity index is 627. The smallest absolute Gasteiger partial charge is 0.380 e. The number of hydrogen-bond acceptors (Lipinski definition) is 2. The Kier molecular flexibility index (Phi) is 3.45. The number of halogens is 3. The molecule has 21 heavy (non-hydrogen) atoms. The number of aromatic nitrogens is 1. The molecular formula is C15H17F3N2O. The van der Waals surface area contributed by atoms with Crippen LogP contribution in [0.15, 0.2) is 30.5 Å². The van der Waals surface area contributed by atoms with E-state index in [2.05, 4.69) is 4.98 Å². The zero-order valence-electron chi connectivity index (χ0n) is 11.5. The summed E-state index contributed by atoms with van der Waals surface area (Å²) in [7, 11) is 0. The molecule has 2 heterocycles. The maximum Gasteiger partial charge on any atom is 0.417 e. The first-order valence-electron chi connectivity index (χ1n) is 6.95. The highest BCUT2D eigenvalue weighted by Crippen LogP contribution is 2.38. The first-order valence-corrected chi connectivity index (χ1v) is 6.95. The molecule has 0 atom stereocenters. The van der Waals surface area contributed by atoms with Crippen molar-refractivity contribution in [2.24, 2.45) is 0 Å². The molecule has 1 saturated heterocycles. The zero-order valence-corrected chi connectivity index (χ0v) is 11.5. The molecule has 0 aliphatic carbocycles. The number of likely N-dealkylation sites (tertiary alicyclic amines) is 1. The monoisotopic (exact) mass is 298 g/mol. The highest BCUT2D eigenvalue weighted by Gasteiger charge is 2.54. The quantitative estimate of drug-likeness (QED) is 0.894. The molecule has 0 unspecified atom stereocenters. The average Bonchev–Trinajstić information content (AvgIpc) is 2.90. The summed E-state index contributed by atoms with van der Waals surface area (Å²) < 4.78 is 38.3. The summed E-state index contributed by atoms with van der Waals surface area (Å²) in [5, 5.41) is 10.8. The van der Waals surface area contributed by atoms with E-state index in [0.717, 1.165) is 16.5 Å². The largest absolute Gasteiger partial charge is 0.417 e. The number of nitrogens with one attached hydrogen (secondary N) is 1. The molecule has 0 saturated carbocycles. The Labute approximate surface area is 120 Å². The van der Waals surface area contributed by atoms with E-state index in [-0.39, 0.29) is 25.9 Å². The molecule has 114 valence electrons. The highest BCUT2D eigenvalue weighted by molar-refractivity contribution is 5.82. The van der Waals surface area contributed by atoms with E-state index in [1.54, 1.807) is 0 Å². The van der Waals surface area contributed by atoms with Crippen LogP contribution in [0.25, 0.3) is 10.9 Å². The van der Waals surface area contributed by atoms with Gasteiger partial charge in [-0.15, -0.1) is 0 Å². The SMILES string of the molecule is OC1(C(F)(F)F)CCN(Cc2cccc3[nH]ccc23)CC1. The fourth-order valence-electron chi connectivity index (χ4n) is 2.89. The summed E-state index contributed by atoms with van der Waals surface area (Å²) >= 11 is 0. The van der Waals surface area contributed by atoms with Gasteiger partial charge in [0.15, 0.2) is 5.60 Å². The number of benzene rings is 1. The van der Waals surface area contributed by atoms with E-state index < -0.39 is 11.8 Å². The summed E-state index contributed by atoms with van der Waals surface area (Å²) in [6, 6.07) is 7.86. The standard InChI is InChI=1S/C15H17F3N2O/c16-15(17,18)14(21)5-8-20(9-6-14)10-11-2-1-3-13-12(11)4-7-19-13/h1-4,7,19,21H,5-6,8-10H2. The van der Waals surface area contributed by atoms with Gasteiger partial charge in [0.1, 0.15) is 0 Å². The first-order chi connectivity index (χ1) is 9.89. The number of alkyl halides is 3. The normalized spacial score (nSPS) is 20.0. The Morgan fingerprint density at radius 2 is 1.90 bits per heavy atom. The summed E-state index contributed by atoms with van der Waals surface area (Å²) in [6.45, 7) is 1.09. The summed E-state index contributed by atoms with van der Waals surface area (Å²) in [6.07, 6.45) is -3.22. The minimum atomic E-state index is -4.54. The lowest BCUT2D eigenvalue weighted by Crippen LogP contribution is -2.53. The molecule has 1 aliphatic heterocycles. The van der Waals surface area contributed by atoms with Gasteiger partial charge >= 0.3 is 6.18 Å². The van der Waals surface area contributed by atoms with Crippen molar-refractivity contribution in [1.82, 2.24) is 9.88 Å². The van der Waals surface area contributed by atoms with Crippen molar-refractivity contribution in [1.29, 1.82) is 0 Å². The van der Waals surface area contributed by atoms with E-state index in [1.807, 2.05) is 35.4 Å². The molecule has 1 fully saturated rings. The van der Waals surface area contributed by atoms with Crippen LogP contribution in [0.5, 0.6) is 0 Å². The third-order valence-electron chi connectivity index (χ3n) is 4.29. The number of nitrogens with zero attached hydrogens (tertiary/aromatic N) is 1. The lowest BCUT2D eigenvalue weighted by molar-refractivity contribution is -0.272. The van der Waals surface area contributed by atoms with Crippen LogP contribution in [-0.2, 0) is 6.54 Å². The molecular weight excluding hydrogens is 281 g/mol. The molecule has 2 aromatic rings. The predicted octanol–water partition coefficient (Wildman–Crippen LogP) is 3.06. The third-order valence-corrected chi connectivity index (χ3v) is 4.29. The molecule has 3 rings (SSSR count). The van der Waals surface area contributed by atoms with Crippen molar-refractivity contribution in [3.8, 4) is 0 Å². The molecule has 1 aromatic heterocycles. The Morgan fingerprint density at radius 3 is 2.57 bits per heavy atom. The molecule has 0 radical (unpaired) electrons. The Balaban J connectivity index is 1.70. The molecule has 0 bridgehead atoms. The van der Waals surface area contributed by atoms with Gasteiger partial charge < -0.3 is 10.1 Å². The van der Waals surface area contributed by atoms with E-state index in [1.165, 1.54) is 0 Å². The number of hydrogen-bond donors (Lipinski definition) is 2. The van der Waals surface area contributed by atoms with Crippen molar-refractivity contribution >= 4 is 10.9 Å². The third kappa shape index (κ3) is 2.65. The van der Waals surface area contributed by atoms with Crippen LogP contribution in [0.3, 0.4) is 0 Å². The van der Waals surface area contributed by atoms with Crippen LogP contribution in [-0.4, -0.2) is 39.9 Å². The van der Waals surface area contributed by atoms with Crippen LogP contribution in [0, 0.1) is 0 Å². The molecule has 1 aromatic carbocycles. The van der Waals surface area contributed by atoms with Gasteiger partial charge in [-0.05, 0) is 30.5 Å². The lowest BCUT2D eigenvalue weighted by Gasteiger charge is -2.39. The number of rotatable bonds is 2. The van der Waals surface area contributed by atoms with Crippen molar-refractivity contribution in [2.45, 2.75) is 31.2 Å². The first kappa shape index (κ1) is 14.4. The van der Waals surface area contributed by atoms with Gasteiger partial charge in [-0.3, -0.25) is 4.90 Å². The van der Waals surface area contributed by atoms with Gasteiger partial charge in [0.2, 0.25) is 0 Å². The summed E-state index contributed by atoms with van der Waals surface area (Å²) in [4.78, 5) is 5.08. The van der Waals surface area contributed by atoms with E-state index >= 15 is 0 Å². The summed E-state index contributed by atoms with van der Waals surface area (Å²) in [5.41, 5.74) is -0.411. The Morgan fingerprint density at radius 1 is 1.19 bits per heavy atom. The minimum absolute atomic E-state index is 0.247. The molecule has 3 nitrogen and oxygen atoms in total. The topological polar surface area (TPSA) is 39.3 Å². The van der Waals surface area contributed by atoms with Crippen molar-refractivity contribution in [3.63, 3.8) is 0 Å². The molecule has 6 heteroatoms. The number of aliphatic hydroxyl groups is 1. The van der Waals surface area contributed by atoms with Gasteiger partial charge in [-0.2, -0.15) is 13.2 Å². The van der Waals surface area contributed by atoms with Crippen LogP contribution < -0.4 is 0 Å². The molecule has 0 spiro atoms. The van der Waals surface area contributed by atoms with Crippen LogP contribution in [0.2, 0.25) is 0 Å². The predicted molar refractivity (Wildman–Crippen MR) is 73.8 cm³/mol. The van der Waals surface area contributed by atoms with Gasteiger partial charge in [-0.25, -0.2) is 0 Å². The second kappa shape index (κ2) is 5.03. The van der Waals surface area contributed by atoms with Gasteiger partial charge in [0.25, 0.3) is 0 Å². The van der Waals surface area contributed by atoms with Crippen molar-refractivity contribution in [2.75, 3.05) is 13.1 Å². The average molecular weight is 298 g/mol. The fourth-order valence-corrected chi connectivity index (χ4v) is 2.89. The van der Waals surface area contributed by atoms with E-state index in [9.17, 15) is 18.3 Å². The number of aromatic amines is 1. The molecule has 1 aliphatic rings. The lowest BCUT2D eigenvalue weighted by atomic mass is 9.90. The van der Waals surface area contributed by atoms with E-state index in [4.69, 9.17) is 0 Å². The fraction of sp³-hybridized carbons (Fsp3) is 0.467. The van der Waals surface area contributed by atoms with Crippen molar-refractivity contribution < 1.29 is 18.3 Å². The molecule has 2 N–H and O–H groups in total. The highest BCUT2D eigenvalue weighted by atomic mass is 19.4. The van der Waals surface area contributed by atoms with E-state index in [0.29, 0.717) is 6.54 Å². The second-order valence-electron chi connectivity index (χ2n) is 5.66. The van der Waals surface area contributed by atoms with Crippen LogP contribution in [0.1, 0.15) is 18.4 Å². The zero-order chi connectivity index (χ0) is 15.1. The molecule has 0 amide bonds. The van der Waals surface area contributed by atoms with Gasteiger partial charge in [-0.1, -0.05) is 12.1 Å². The maximum atomic E-state index is 12.8. The second-order valence-corrected chi connectivity index (χ2v) is 5.66. The minimum Gasteiger partial charge on any atom is -0.380 e. The van der Waals surface area contributed by atoms with Crippen LogP contribution >= 0.6 is 0 Å². The summed E-state index contributed by atoms with van der Waals surface area (Å²) in [5.74, 6) is 0. The van der Waals surface area contributed by atoms with Gasteiger partial charge in [0.05, 0.1) is 0 Å². The van der Waals surface area contributed by atoms with Gasteiger partial charge in [0, 0.05) is 36.7 Å². The number of H-pyrrole nitrogens is 1. The maximum absolute atomic E-state index is 12.8.